The van der Waals surface area contributed by atoms with Gasteiger partial charge in [0.1, 0.15) is 5.75 Å². The van der Waals surface area contributed by atoms with Crippen molar-refractivity contribution in [1.82, 2.24) is 9.80 Å². The lowest BCUT2D eigenvalue weighted by molar-refractivity contribution is 0.177. The van der Waals surface area contributed by atoms with Gasteiger partial charge in [-0.15, -0.1) is 11.3 Å². The summed E-state index contributed by atoms with van der Waals surface area (Å²) in [5.41, 5.74) is 0.913. The number of piperidine rings is 1. The molecule has 1 N–H and O–H groups in total. The second-order valence-electron chi connectivity index (χ2n) is 7.53. The first-order valence-electron chi connectivity index (χ1n) is 10.1. The Balaban J connectivity index is 1.60. The lowest BCUT2D eigenvalue weighted by Gasteiger charge is -2.32. The number of methoxy groups -OCH3 is 1. The monoisotopic (exact) mass is 417 g/mol. The molecule has 28 heavy (non-hydrogen) atoms. The SMILES string of the molecule is COc1ccccc1NC(=S)N(CCCN1CCC[C@@H](C)C1)Cc1cccs1. The summed E-state index contributed by atoms with van der Waals surface area (Å²) < 4.78 is 5.46. The van der Waals surface area contributed by atoms with Crippen LogP contribution in [0.5, 0.6) is 5.75 Å². The van der Waals surface area contributed by atoms with E-state index >= 15 is 0 Å². The molecule has 0 saturated carbocycles. The molecule has 1 fully saturated rings. The summed E-state index contributed by atoms with van der Waals surface area (Å²) in [4.78, 5) is 6.21. The summed E-state index contributed by atoms with van der Waals surface area (Å²) in [6.07, 6.45) is 3.81. The smallest absolute Gasteiger partial charge is 0.173 e. The van der Waals surface area contributed by atoms with Gasteiger partial charge in [0.15, 0.2) is 5.11 Å². The Kier molecular flexibility index (Phi) is 8.13. The van der Waals surface area contributed by atoms with Crippen LogP contribution in [0.25, 0.3) is 0 Å². The van der Waals surface area contributed by atoms with Gasteiger partial charge in [-0.25, -0.2) is 0 Å². The van der Waals surface area contributed by atoms with Crippen LogP contribution < -0.4 is 10.1 Å². The Morgan fingerprint density at radius 1 is 1.32 bits per heavy atom. The Morgan fingerprint density at radius 2 is 2.18 bits per heavy atom. The summed E-state index contributed by atoms with van der Waals surface area (Å²) in [5, 5.41) is 6.27. The van der Waals surface area contributed by atoms with Gasteiger partial charge >= 0.3 is 0 Å². The van der Waals surface area contributed by atoms with E-state index in [1.54, 1.807) is 18.4 Å². The van der Waals surface area contributed by atoms with Crippen molar-refractivity contribution in [2.24, 2.45) is 5.92 Å². The summed E-state index contributed by atoms with van der Waals surface area (Å²) in [7, 11) is 1.69. The number of nitrogens with one attached hydrogen (secondary N) is 1. The molecule has 1 atom stereocenters. The molecule has 1 aromatic heterocycles. The minimum Gasteiger partial charge on any atom is -0.495 e. The molecule has 0 spiro atoms. The Bertz CT molecular complexity index is 735. The van der Waals surface area contributed by atoms with E-state index in [2.05, 4.69) is 39.6 Å². The van der Waals surface area contributed by atoms with Crippen LogP contribution in [-0.2, 0) is 6.54 Å². The van der Waals surface area contributed by atoms with Crippen molar-refractivity contribution in [2.75, 3.05) is 38.6 Å². The van der Waals surface area contributed by atoms with Crippen LogP contribution >= 0.6 is 23.6 Å². The standard InChI is InChI=1S/C22H31N3OS2/c1-18-8-5-12-24(16-18)13-7-14-25(17-19-9-6-15-28-19)22(27)23-20-10-3-4-11-21(20)26-2/h3-4,6,9-11,15,18H,5,7-8,12-14,16-17H2,1-2H3,(H,23,27)/t18-/m1/s1. The Hall–Kier alpha value is -1.63. The van der Waals surface area contributed by atoms with Crippen LogP contribution in [0.2, 0.25) is 0 Å². The van der Waals surface area contributed by atoms with Crippen molar-refractivity contribution >= 4 is 34.4 Å². The summed E-state index contributed by atoms with van der Waals surface area (Å²) in [6.45, 7) is 7.76. The zero-order valence-electron chi connectivity index (χ0n) is 16.9. The van der Waals surface area contributed by atoms with E-state index in [9.17, 15) is 0 Å². The van der Waals surface area contributed by atoms with Gasteiger partial charge in [0.25, 0.3) is 0 Å². The molecule has 0 bridgehead atoms. The number of thiocarbonyl (C=S) groups is 1. The number of likely N-dealkylation sites (tertiary alicyclic amines) is 1. The van der Waals surface area contributed by atoms with Crippen LogP contribution in [0.1, 0.15) is 31.1 Å². The Morgan fingerprint density at radius 3 is 2.93 bits per heavy atom. The first-order valence-corrected chi connectivity index (χ1v) is 11.4. The summed E-state index contributed by atoms with van der Waals surface area (Å²) in [5.74, 6) is 1.63. The van der Waals surface area contributed by atoms with Gasteiger partial charge in [-0.2, -0.15) is 0 Å². The van der Waals surface area contributed by atoms with Crippen molar-refractivity contribution in [3.8, 4) is 5.75 Å². The van der Waals surface area contributed by atoms with E-state index in [0.717, 1.165) is 48.5 Å². The quantitative estimate of drug-likeness (QED) is 0.605. The minimum atomic E-state index is 0.755. The van der Waals surface area contributed by atoms with Crippen molar-refractivity contribution in [3.05, 3.63) is 46.7 Å². The molecule has 1 aromatic carbocycles. The number of hydrogen-bond donors (Lipinski definition) is 1. The highest BCUT2D eigenvalue weighted by atomic mass is 32.1. The molecule has 0 amide bonds. The molecular weight excluding hydrogens is 386 g/mol. The summed E-state index contributed by atoms with van der Waals surface area (Å²) >= 11 is 7.56. The van der Waals surface area contributed by atoms with Crippen molar-refractivity contribution in [3.63, 3.8) is 0 Å². The van der Waals surface area contributed by atoms with Gasteiger partial charge in [-0.3, -0.25) is 0 Å². The highest BCUT2D eigenvalue weighted by Gasteiger charge is 2.17. The van der Waals surface area contributed by atoms with E-state index in [-0.39, 0.29) is 0 Å². The third-order valence-electron chi connectivity index (χ3n) is 5.21. The van der Waals surface area contributed by atoms with Crippen LogP contribution in [-0.4, -0.2) is 48.2 Å². The average Bonchev–Trinajstić information content (AvgIpc) is 3.21. The highest BCUT2D eigenvalue weighted by molar-refractivity contribution is 7.80. The predicted octanol–water partition coefficient (Wildman–Crippen LogP) is 5.08. The fourth-order valence-corrected chi connectivity index (χ4v) is 4.75. The third kappa shape index (κ3) is 6.19. The van der Waals surface area contributed by atoms with E-state index in [1.165, 1.54) is 30.8 Å². The number of rotatable bonds is 8. The molecular formula is C22H31N3OS2. The predicted molar refractivity (Wildman–Crippen MR) is 123 cm³/mol. The topological polar surface area (TPSA) is 27.7 Å². The summed E-state index contributed by atoms with van der Waals surface area (Å²) in [6, 6.07) is 12.2. The molecule has 1 saturated heterocycles. The molecule has 0 unspecified atom stereocenters. The molecule has 2 aromatic rings. The molecule has 1 aliphatic rings. The van der Waals surface area contributed by atoms with E-state index in [1.807, 2.05) is 24.3 Å². The van der Waals surface area contributed by atoms with E-state index in [4.69, 9.17) is 17.0 Å². The lowest BCUT2D eigenvalue weighted by atomic mass is 10.0. The maximum Gasteiger partial charge on any atom is 0.173 e. The maximum absolute atomic E-state index is 5.78. The van der Waals surface area contributed by atoms with Gasteiger partial charge < -0.3 is 19.9 Å². The fourth-order valence-electron chi connectivity index (χ4n) is 3.76. The van der Waals surface area contributed by atoms with Gasteiger partial charge in [0.2, 0.25) is 0 Å². The van der Waals surface area contributed by atoms with E-state index in [0.29, 0.717) is 0 Å². The second kappa shape index (κ2) is 10.8. The molecule has 0 radical (unpaired) electrons. The fraction of sp³-hybridized carbons (Fsp3) is 0.500. The van der Waals surface area contributed by atoms with Gasteiger partial charge in [-0.05, 0) is 74.1 Å². The normalized spacial score (nSPS) is 17.3. The molecule has 2 heterocycles. The van der Waals surface area contributed by atoms with Crippen LogP contribution in [0.4, 0.5) is 5.69 Å². The number of thiophene rings is 1. The average molecular weight is 418 g/mol. The van der Waals surface area contributed by atoms with Crippen molar-refractivity contribution < 1.29 is 4.74 Å². The minimum absolute atomic E-state index is 0.755. The van der Waals surface area contributed by atoms with Crippen LogP contribution in [0.3, 0.4) is 0 Å². The number of anilines is 1. The van der Waals surface area contributed by atoms with Crippen molar-refractivity contribution in [2.45, 2.75) is 32.7 Å². The van der Waals surface area contributed by atoms with Gasteiger partial charge in [0.05, 0.1) is 19.3 Å². The number of benzene rings is 1. The first kappa shape index (κ1) is 21.1. The zero-order chi connectivity index (χ0) is 19.8. The van der Waals surface area contributed by atoms with Gasteiger partial charge in [-0.1, -0.05) is 25.1 Å². The highest BCUT2D eigenvalue weighted by Crippen LogP contribution is 2.24. The number of nitrogens with zero attached hydrogens (tertiary/aromatic N) is 2. The molecule has 6 heteroatoms. The third-order valence-corrected chi connectivity index (χ3v) is 6.43. The van der Waals surface area contributed by atoms with Crippen molar-refractivity contribution in [1.29, 1.82) is 0 Å². The van der Waals surface area contributed by atoms with Crippen LogP contribution in [0, 0.1) is 5.92 Å². The lowest BCUT2D eigenvalue weighted by Crippen LogP contribution is -2.39. The first-order chi connectivity index (χ1) is 13.7. The number of hydrogen-bond acceptors (Lipinski definition) is 4. The van der Waals surface area contributed by atoms with E-state index < -0.39 is 0 Å². The number of para-hydroxylation sites is 2. The van der Waals surface area contributed by atoms with Gasteiger partial charge in [0, 0.05) is 18.0 Å². The molecule has 4 nitrogen and oxygen atoms in total. The molecule has 152 valence electrons. The molecule has 3 rings (SSSR count). The number of ether oxygens (including phenoxy) is 1. The largest absolute Gasteiger partial charge is 0.495 e. The Labute approximate surface area is 178 Å². The van der Waals surface area contributed by atoms with Crippen LogP contribution in [0.15, 0.2) is 41.8 Å². The maximum atomic E-state index is 5.78. The molecule has 0 aliphatic carbocycles. The molecule has 1 aliphatic heterocycles. The second-order valence-corrected chi connectivity index (χ2v) is 8.95. The zero-order valence-corrected chi connectivity index (χ0v) is 18.5.